The van der Waals surface area contributed by atoms with Gasteiger partial charge in [0.1, 0.15) is 17.3 Å². The van der Waals surface area contributed by atoms with Crippen molar-refractivity contribution in [3.8, 4) is 11.5 Å². The predicted octanol–water partition coefficient (Wildman–Crippen LogP) is 5.06. The number of hydrogen-bond acceptors (Lipinski definition) is 7. The fourth-order valence-electron chi connectivity index (χ4n) is 2.51. The summed E-state index contributed by atoms with van der Waals surface area (Å²) >= 11 is 2.68. The highest BCUT2D eigenvalue weighted by Gasteiger charge is 2.11. The Morgan fingerprint density at radius 2 is 2.04 bits per heavy atom. The van der Waals surface area contributed by atoms with Gasteiger partial charge in [0, 0.05) is 42.5 Å². The van der Waals surface area contributed by atoms with Crippen molar-refractivity contribution in [3.05, 3.63) is 59.4 Å². The van der Waals surface area contributed by atoms with Gasteiger partial charge >= 0.3 is 0 Å². The average Bonchev–Trinajstić information content (AvgIpc) is 3.20. The summed E-state index contributed by atoms with van der Waals surface area (Å²) in [5.41, 5.74) is 1.77. The number of nitrogens with zero attached hydrogens (tertiary/aromatic N) is 2. The van der Waals surface area contributed by atoms with Crippen molar-refractivity contribution < 1.29 is 13.9 Å². The van der Waals surface area contributed by atoms with Crippen LogP contribution in [-0.4, -0.2) is 26.3 Å². The molecule has 142 valence electrons. The lowest BCUT2D eigenvalue weighted by Gasteiger charge is -2.21. The molecule has 27 heavy (non-hydrogen) atoms. The summed E-state index contributed by atoms with van der Waals surface area (Å²) < 4.78 is 28.2. The van der Waals surface area contributed by atoms with E-state index in [0.29, 0.717) is 11.4 Å². The Balaban J connectivity index is 1.69. The van der Waals surface area contributed by atoms with E-state index in [1.165, 1.54) is 29.4 Å². The number of thiazole rings is 1. The maximum Gasteiger partial charge on any atom is 0.192 e. The molecule has 0 bridgehead atoms. The number of nitrogens with one attached hydrogen (secondary N) is 1. The van der Waals surface area contributed by atoms with Gasteiger partial charge in [-0.2, -0.15) is 0 Å². The van der Waals surface area contributed by atoms with Crippen LogP contribution in [-0.2, 0) is 6.54 Å². The Labute approximate surface area is 166 Å². The van der Waals surface area contributed by atoms with Gasteiger partial charge in [-0.3, -0.25) is 0 Å². The first-order valence-electron chi connectivity index (χ1n) is 8.14. The van der Waals surface area contributed by atoms with Crippen LogP contribution in [0, 0.1) is 5.82 Å². The summed E-state index contributed by atoms with van der Waals surface area (Å²) in [7, 11) is 5.16. The number of hydrogen-bond donors (Lipinski definition) is 1. The fraction of sp³-hybridized carbons (Fsp3) is 0.211. The van der Waals surface area contributed by atoms with Gasteiger partial charge in [-0.15, -0.1) is 11.3 Å². The van der Waals surface area contributed by atoms with E-state index in [9.17, 15) is 4.39 Å². The molecule has 0 fully saturated rings. The molecule has 3 rings (SSSR count). The molecule has 0 aliphatic heterocycles. The monoisotopic (exact) mass is 405 g/mol. The van der Waals surface area contributed by atoms with Gasteiger partial charge in [0.2, 0.25) is 0 Å². The Kier molecular flexibility index (Phi) is 6.41. The van der Waals surface area contributed by atoms with Crippen LogP contribution in [0.3, 0.4) is 0 Å². The molecule has 1 N–H and O–H groups in total. The second-order valence-corrected chi connectivity index (χ2v) is 7.43. The van der Waals surface area contributed by atoms with E-state index in [0.717, 1.165) is 27.9 Å². The standard InChI is InChI=1S/C19H20FN3O2S2/c1-23(12-13-4-6-15(24-2)11-17(13)25-3)14-5-7-18(16(20)10-14)27-22-19-21-8-9-26-19/h4-11H,12H2,1-3H3,(H,21,22). The van der Waals surface area contributed by atoms with Crippen molar-refractivity contribution in [2.45, 2.75) is 11.4 Å². The maximum absolute atomic E-state index is 14.5. The zero-order valence-corrected chi connectivity index (χ0v) is 16.9. The summed E-state index contributed by atoms with van der Waals surface area (Å²) in [5, 5.41) is 2.61. The van der Waals surface area contributed by atoms with Crippen molar-refractivity contribution in [1.82, 2.24) is 4.98 Å². The first kappa shape index (κ1) is 19.3. The molecule has 3 aromatic rings. The molecule has 0 spiro atoms. The second kappa shape index (κ2) is 8.96. The molecule has 2 aromatic carbocycles. The zero-order chi connectivity index (χ0) is 19.2. The lowest BCUT2D eigenvalue weighted by molar-refractivity contribution is 0.391. The molecule has 1 aromatic heterocycles. The van der Waals surface area contributed by atoms with Crippen LogP contribution in [0.15, 0.2) is 52.9 Å². The first-order valence-corrected chi connectivity index (χ1v) is 9.84. The Morgan fingerprint density at radius 1 is 1.19 bits per heavy atom. The van der Waals surface area contributed by atoms with Crippen LogP contribution in [0.5, 0.6) is 11.5 Å². The molecule has 0 amide bonds. The van der Waals surface area contributed by atoms with Gasteiger partial charge in [0.05, 0.1) is 19.1 Å². The van der Waals surface area contributed by atoms with Crippen molar-refractivity contribution in [2.75, 3.05) is 30.9 Å². The Bertz CT molecular complexity index is 891. The molecule has 0 aliphatic carbocycles. The number of aromatic nitrogens is 1. The number of benzene rings is 2. The lowest BCUT2D eigenvalue weighted by Crippen LogP contribution is -2.17. The van der Waals surface area contributed by atoms with E-state index in [2.05, 4.69) is 9.71 Å². The fourth-order valence-corrected chi connectivity index (χ4v) is 3.74. The average molecular weight is 406 g/mol. The topological polar surface area (TPSA) is 46.6 Å². The molecular formula is C19H20FN3O2S2. The van der Waals surface area contributed by atoms with E-state index in [1.807, 2.05) is 41.6 Å². The molecule has 0 saturated carbocycles. The molecule has 0 saturated heterocycles. The number of methoxy groups -OCH3 is 2. The normalized spacial score (nSPS) is 10.5. The van der Waals surface area contributed by atoms with Gasteiger partial charge in [-0.05, 0) is 42.3 Å². The van der Waals surface area contributed by atoms with Crippen LogP contribution >= 0.6 is 23.3 Å². The van der Waals surface area contributed by atoms with Crippen LogP contribution < -0.4 is 19.1 Å². The third kappa shape index (κ3) is 4.84. The smallest absolute Gasteiger partial charge is 0.192 e. The molecule has 1 heterocycles. The Hall–Kier alpha value is -2.45. The highest BCUT2D eigenvalue weighted by atomic mass is 32.2. The van der Waals surface area contributed by atoms with Crippen LogP contribution in [0.1, 0.15) is 5.56 Å². The minimum absolute atomic E-state index is 0.282. The number of anilines is 2. The minimum atomic E-state index is -0.282. The van der Waals surface area contributed by atoms with Gasteiger partial charge < -0.3 is 19.1 Å². The molecular weight excluding hydrogens is 385 g/mol. The minimum Gasteiger partial charge on any atom is -0.497 e. The second-order valence-electron chi connectivity index (χ2n) is 5.69. The van der Waals surface area contributed by atoms with Crippen molar-refractivity contribution in [1.29, 1.82) is 0 Å². The lowest BCUT2D eigenvalue weighted by atomic mass is 10.1. The summed E-state index contributed by atoms with van der Waals surface area (Å²) in [5.74, 6) is 1.19. The third-order valence-corrected chi connectivity index (χ3v) is 5.60. The molecule has 0 atom stereocenters. The largest absolute Gasteiger partial charge is 0.497 e. The van der Waals surface area contributed by atoms with Crippen molar-refractivity contribution in [3.63, 3.8) is 0 Å². The summed E-state index contributed by atoms with van der Waals surface area (Å²) in [6.07, 6.45) is 1.70. The molecule has 0 radical (unpaired) electrons. The van der Waals surface area contributed by atoms with E-state index in [4.69, 9.17) is 9.47 Å². The zero-order valence-electron chi connectivity index (χ0n) is 15.2. The van der Waals surface area contributed by atoms with E-state index in [1.54, 1.807) is 26.5 Å². The van der Waals surface area contributed by atoms with E-state index in [-0.39, 0.29) is 5.82 Å². The number of rotatable bonds is 8. The van der Waals surface area contributed by atoms with Crippen LogP contribution in [0.2, 0.25) is 0 Å². The van der Waals surface area contributed by atoms with Crippen LogP contribution in [0.4, 0.5) is 15.2 Å². The quantitative estimate of drug-likeness (QED) is 0.529. The SMILES string of the molecule is COc1ccc(CN(C)c2ccc(SNc3nccs3)c(F)c2)c(OC)c1. The van der Waals surface area contributed by atoms with Crippen molar-refractivity contribution in [2.24, 2.45) is 0 Å². The van der Waals surface area contributed by atoms with Crippen molar-refractivity contribution >= 4 is 34.1 Å². The maximum atomic E-state index is 14.5. The highest BCUT2D eigenvalue weighted by Crippen LogP contribution is 2.30. The summed E-state index contributed by atoms with van der Waals surface area (Å²) in [6.45, 7) is 0.580. The molecule has 5 nitrogen and oxygen atoms in total. The number of halogens is 1. The summed E-state index contributed by atoms with van der Waals surface area (Å²) in [4.78, 5) is 6.60. The number of ether oxygens (including phenoxy) is 2. The predicted molar refractivity (Wildman–Crippen MR) is 110 cm³/mol. The first-order chi connectivity index (χ1) is 13.1. The Morgan fingerprint density at radius 3 is 2.70 bits per heavy atom. The van der Waals surface area contributed by atoms with E-state index >= 15 is 0 Å². The van der Waals surface area contributed by atoms with E-state index < -0.39 is 0 Å². The third-order valence-electron chi connectivity index (χ3n) is 3.94. The molecule has 0 aliphatic rings. The molecule has 0 unspecified atom stereocenters. The van der Waals surface area contributed by atoms with Gasteiger partial charge in [0.25, 0.3) is 0 Å². The van der Waals surface area contributed by atoms with Gasteiger partial charge in [-0.1, -0.05) is 0 Å². The van der Waals surface area contributed by atoms with Crippen LogP contribution in [0.25, 0.3) is 0 Å². The summed E-state index contributed by atoms with van der Waals surface area (Å²) in [6, 6.07) is 10.9. The van der Waals surface area contributed by atoms with Gasteiger partial charge in [-0.25, -0.2) is 9.37 Å². The highest BCUT2D eigenvalue weighted by molar-refractivity contribution is 8.00. The molecule has 8 heteroatoms. The van der Waals surface area contributed by atoms with Gasteiger partial charge in [0.15, 0.2) is 5.13 Å².